The van der Waals surface area contributed by atoms with Crippen LogP contribution in [0.4, 0.5) is 0 Å². The first-order chi connectivity index (χ1) is 9.16. The molecular formula is C15H18N2OS. The lowest BCUT2D eigenvalue weighted by Crippen LogP contribution is -2.32. The van der Waals surface area contributed by atoms with Crippen molar-refractivity contribution >= 4 is 17.2 Å². The molecule has 0 bridgehead atoms. The van der Waals surface area contributed by atoms with Crippen LogP contribution in [0, 0.1) is 0 Å². The van der Waals surface area contributed by atoms with Crippen molar-refractivity contribution in [1.29, 1.82) is 0 Å². The standard InChI is InChI=1S/C15H18N2OS/c1-17(2)15(18)11-16-10-13-8-9-14(19-13)12-6-4-3-5-7-12/h3-9,16H,10-11H2,1-2H3. The third-order valence-corrected chi connectivity index (χ3v) is 3.93. The van der Waals surface area contributed by atoms with Crippen molar-refractivity contribution < 1.29 is 4.79 Å². The van der Waals surface area contributed by atoms with Gasteiger partial charge in [0, 0.05) is 30.4 Å². The van der Waals surface area contributed by atoms with Crippen LogP contribution >= 0.6 is 11.3 Å². The van der Waals surface area contributed by atoms with Crippen LogP contribution in [-0.2, 0) is 11.3 Å². The third kappa shape index (κ3) is 3.91. The molecule has 0 aliphatic rings. The molecule has 2 rings (SSSR count). The van der Waals surface area contributed by atoms with E-state index in [1.54, 1.807) is 30.3 Å². The maximum absolute atomic E-state index is 11.4. The van der Waals surface area contributed by atoms with Gasteiger partial charge in [-0.05, 0) is 17.7 Å². The van der Waals surface area contributed by atoms with E-state index in [4.69, 9.17) is 0 Å². The van der Waals surface area contributed by atoms with Gasteiger partial charge in [-0.1, -0.05) is 30.3 Å². The summed E-state index contributed by atoms with van der Waals surface area (Å²) in [5.74, 6) is 0.0971. The molecule has 0 saturated heterocycles. The van der Waals surface area contributed by atoms with Crippen molar-refractivity contribution in [2.75, 3.05) is 20.6 Å². The molecule has 0 aliphatic carbocycles. The zero-order chi connectivity index (χ0) is 13.7. The first kappa shape index (κ1) is 13.8. The maximum Gasteiger partial charge on any atom is 0.236 e. The van der Waals surface area contributed by atoms with E-state index in [1.165, 1.54) is 15.3 Å². The predicted octanol–water partition coefficient (Wildman–Crippen LogP) is 2.59. The average Bonchev–Trinajstić information content (AvgIpc) is 2.88. The number of likely N-dealkylation sites (N-methyl/N-ethyl adjacent to an activating group) is 1. The molecule has 1 aromatic carbocycles. The summed E-state index contributed by atoms with van der Waals surface area (Å²) in [6.07, 6.45) is 0. The number of thiophene rings is 1. The molecular weight excluding hydrogens is 256 g/mol. The van der Waals surface area contributed by atoms with E-state index >= 15 is 0 Å². The van der Waals surface area contributed by atoms with Crippen molar-refractivity contribution in [2.45, 2.75) is 6.54 Å². The first-order valence-electron chi connectivity index (χ1n) is 6.22. The van der Waals surface area contributed by atoms with Gasteiger partial charge in [-0.25, -0.2) is 0 Å². The minimum absolute atomic E-state index is 0.0971. The molecule has 0 fully saturated rings. The van der Waals surface area contributed by atoms with Crippen LogP contribution in [0.25, 0.3) is 10.4 Å². The summed E-state index contributed by atoms with van der Waals surface area (Å²) in [7, 11) is 3.53. The van der Waals surface area contributed by atoms with E-state index in [0.29, 0.717) is 6.54 Å². The van der Waals surface area contributed by atoms with Crippen molar-refractivity contribution in [3.63, 3.8) is 0 Å². The van der Waals surface area contributed by atoms with Crippen LogP contribution in [-0.4, -0.2) is 31.4 Å². The molecule has 0 spiro atoms. The second-order valence-corrected chi connectivity index (χ2v) is 5.69. The number of nitrogens with zero attached hydrogens (tertiary/aromatic N) is 1. The number of benzene rings is 1. The Kier molecular flexibility index (Phi) is 4.71. The normalized spacial score (nSPS) is 10.4. The van der Waals surface area contributed by atoms with E-state index in [2.05, 4.69) is 29.6 Å². The summed E-state index contributed by atoms with van der Waals surface area (Å²) >= 11 is 1.76. The van der Waals surface area contributed by atoms with E-state index < -0.39 is 0 Å². The smallest absolute Gasteiger partial charge is 0.236 e. The van der Waals surface area contributed by atoms with Crippen molar-refractivity contribution in [3.8, 4) is 10.4 Å². The molecule has 0 unspecified atom stereocenters. The molecule has 0 saturated carbocycles. The van der Waals surface area contributed by atoms with E-state index in [-0.39, 0.29) is 5.91 Å². The summed E-state index contributed by atoms with van der Waals surface area (Å²) in [6.45, 7) is 1.11. The number of rotatable bonds is 5. The van der Waals surface area contributed by atoms with Crippen molar-refractivity contribution in [3.05, 3.63) is 47.3 Å². The second-order valence-electron chi connectivity index (χ2n) is 4.52. The largest absolute Gasteiger partial charge is 0.348 e. The van der Waals surface area contributed by atoms with Crippen LogP contribution in [0.3, 0.4) is 0 Å². The fourth-order valence-electron chi connectivity index (χ4n) is 1.68. The second kappa shape index (κ2) is 6.50. The molecule has 1 aromatic heterocycles. The molecule has 100 valence electrons. The molecule has 0 aliphatic heterocycles. The van der Waals surface area contributed by atoms with Gasteiger partial charge >= 0.3 is 0 Å². The Labute approximate surface area is 117 Å². The van der Waals surface area contributed by atoms with Gasteiger partial charge in [0.2, 0.25) is 5.91 Å². The van der Waals surface area contributed by atoms with E-state index in [0.717, 1.165) is 6.54 Å². The quantitative estimate of drug-likeness (QED) is 0.909. The van der Waals surface area contributed by atoms with Crippen LogP contribution in [0.5, 0.6) is 0 Å². The molecule has 19 heavy (non-hydrogen) atoms. The van der Waals surface area contributed by atoms with Gasteiger partial charge in [-0.15, -0.1) is 11.3 Å². The number of nitrogens with one attached hydrogen (secondary N) is 1. The molecule has 3 nitrogen and oxygen atoms in total. The van der Waals surface area contributed by atoms with Crippen molar-refractivity contribution in [1.82, 2.24) is 10.2 Å². The van der Waals surface area contributed by atoms with Crippen LogP contribution in [0.2, 0.25) is 0 Å². The number of carbonyl (C=O) groups is 1. The van der Waals surface area contributed by atoms with Gasteiger partial charge in [0.25, 0.3) is 0 Å². The fraction of sp³-hybridized carbons (Fsp3) is 0.267. The summed E-state index contributed by atoms with van der Waals surface area (Å²) in [5.41, 5.74) is 1.24. The van der Waals surface area contributed by atoms with Crippen LogP contribution in [0.15, 0.2) is 42.5 Å². The number of hydrogen-bond donors (Lipinski definition) is 1. The van der Waals surface area contributed by atoms with E-state index in [9.17, 15) is 4.79 Å². The summed E-state index contributed by atoms with van der Waals surface area (Å²) in [6, 6.07) is 14.6. The summed E-state index contributed by atoms with van der Waals surface area (Å²) in [5, 5.41) is 3.17. The highest BCUT2D eigenvalue weighted by Crippen LogP contribution is 2.27. The van der Waals surface area contributed by atoms with Gasteiger partial charge in [-0.3, -0.25) is 4.79 Å². The Morgan fingerprint density at radius 3 is 2.58 bits per heavy atom. The Hall–Kier alpha value is -1.65. The number of amides is 1. The van der Waals surface area contributed by atoms with Gasteiger partial charge in [0.15, 0.2) is 0 Å². The molecule has 0 atom stereocenters. The minimum Gasteiger partial charge on any atom is -0.348 e. The molecule has 4 heteroatoms. The Bertz CT molecular complexity index is 534. The van der Waals surface area contributed by atoms with Crippen LogP contribution in [0.1, 0.15) is 4.88 Å². The number of hydrogen-bond acceptors (Lipinski definition) is 3. The van der Waals surface area contributed by atoms with Crippen molar-refractivity contribution in [2.24, 2.45) is 0 Å². The predicted molar refractivity (Wildman–Crippen MR) is 80.2 cm³/mol. The van der Waals surface area contributed by atoms with Gasteiger partial charge in [-0.2, -0.15) is 0 Å². The molecule has 0 radical (unpaired) electrons. The lowest BCUT2D eigenvalue weighted by molar-refractivity contribution is -0.127. The molecule has 1 amide bonds. The Morgan fingerprint density at radius 1 is 1.16 bits per heavy atom. The zero-order valence-corrected chi connectivity index (χ0v) is 12.0. The highest BCUT2D eigenvalue weighted by molar-refractivity contribution is 7.15. The summed E-state index contributed by atoms with van der Waals surface area (Å²) < 4.78 is 0. The number of carbonyl (C=O) groups excluding carboxylic acids is 1. The SMILES string of the molecule is CN(C)C(=O)CNCc1ccc(-c2ccccc2)s1. The Balaban J connectivity index is 1.90. The lowest BCUT2D eigenvalue weighted by atomic mass is 10.2. The van der Waals surface area contributed by atoms with Gasteiger partial charge in [0.1, 0.15) is 0 Å². The summed E-state index contributed by atoms with van der Waals surface area (Å²) in [4.78, 5) is 15.5. The first-order valence-corrected chi connectivity index (χ1v) is 7.03. The zero-order valence-electron chi connectivity index (χ0n) is 11.2. The van der Waals surface area contributed by atoms with E-state index in [1.807, 2.05) is 18.2 Å². The molecule has 1 N–H and O–H groups in total. The third-order valence-electron chi connectivity index (χ3n) is 2.79. The topological polar surface area (TPSA) is 32.3 Å². The van der Waals surface area contributed by atoms with Gasteiger partial charge < -0.3 is 10.2 Å². The maximum atomic E-state index is 11.4. The highest BCUT2D eigenvalue weighted by atomic mass is 32.1. The molecule has 1 heterocycles. The molecule has 2 aromatic rings. The minimum atomic E-state index is 0.0971. The van der Waals surface area contributed by atoms with Gasteiger partial charge in [0.05, 0.1) is 6.54 Å². The average molecular weight is 274 g/mol. The fourth-order valence-corrected chi connectivity index (χ4v) is 2.66. The lowest BCUT2D eigenvalue weighted by Gasteiger charge is -2.10. The highest BCUT2D eigenvalue weighted by Gasteiger charge is 2.05. The monoisotopic (exact) mass is 274 g/mol. The Morgan fingerprint density at radius 2 is 1.89 bits per heavy atom. The van der Waals surface area contributed by atoms with Crippen LogP contribution < -0.4 is 5.32 Å².